The van der Waals surface area contributed by atoms with Gasteiger partial charge in [-0.25, -0.2) is 0 Å². The van der Waals surface area contributed by atoms with Gasteiger partial charge in [-0.3, -0.25) is 0 Å². The number of para-hydroxylation sites is 1. The van der Waals surface area contributed by atoms with Crippen LogP contribution in [0.2, 0.25) is 0 Å². The minimum absolute atomic E-state index is 0.314. The van der Waals surface area contributed by atoms with E-state index in [1.807, 2.05) is 24.3 Å². The molecule has 2 N–H and O–H groups in total. The molecule has 1 rings (SSSR count). The number of benzene rings is 1. The van der Waals surface area contributed by atoms with Gasteiger partial charge in [0, 0.05) is 23.3 Å². The highest BCUT2D eigenvalue weighted by Gasteiger charge is 2.05. The lowest BCUT2D eigenvalue weighted by molar-refractivity contribution is 0.00749. The Morgan fingerprint density at radius 1 is 1.20 bits per heavy atom. The second-order valence-corrected chi connectivity index (χ2v) is 5.41. The Morgan fingerprint density at radius 2 is 1.95 bits per heavy atom. The molecule has 0 fully saturated rings. The molecule has 0 radical (unpaired) electrons. The highest BCUT2D eigenvalue weighted by atomic mass is 79.9. The van der Waals surface area contributed by atoms with E-state index in [0.717, 1.165) is 29.6 Å². The van der Waals surface area contributed by atoms with Crippen molar-refractivity contribution in [3.63, 3.8) is 0 Å². The number of unbranched alkanes of at least 4 members (excludes halogenated alkanes) is 1. The maximum atomic E-state index is 9.80. The van der Waals surface area contributed by atoms with Crippen LogP contribution in [0.1, 0.15) is 19.8 Å². The van der Waals surface area contributed by atoms with Crippen LogP contribution in [0.4, 0.5) is 5.69 Å². The van der Waals surface area contributed by atoms with Crippen molar-refractivity contribution < 1.29 is 14.6 Å². The Labute approximate surface area is 129 Å². The lowest BCUT2D eigenvalue weighted by Gasteiger charge is -2.14. The van der Waals surface area contributed by atoms with Gasteiger partial charge < -0.3 is 19.9 Å². The van der Waals surface area contributed by atoms with Crippen molar-refractivity contribution in [1.29, 1.82) is 0 Å². The average Bonchev–Trinajstić information content (AvgIpc) is 2.45. The maximum Gasteiger partial charge on any atom is 0.0945 e. The van der Waals surface area contributed by atoms with Gasteiger partial charge in [0.25, 0.3) is 0 Å². The molecule has 0 heterocycles. The van der Waals surface area contributed by atoms with Crippen molar-refractivity contribution in [2.24, 2.45) is 0 Å². The van der Waals surface area contributed by atoms with Crippen LogP contribution in [-0.4, -0.2) is 44.2 Å². The number of anilines is 1. The molecule has 20 heavy (non-hydrogen) atoms. The Balaban J connectivity index is 2.03. The quantitative estimate of drug-likeness (QED) is 0.605. The summed E-state index contributed by atoms with van der Waals surface area (Å²) in [5.74, 6) is 0. The molecule has 4 nitrogen and oxygen atoms in total. The van der Waals surface area contributed by atoms with E-state index < -0.39 is 6.10 Å². The molecule has 0 aromatic heterocycles. The van der Waals surface area contributed by atoms with Crippen molar-refractivity contribution in [2.45, 2.75) is 25.9 Å². The zero-order valence-electron chi connectivity index (χ0n) is 12.0. The smallest absolute Gasteiger partial charge is 0.0945 e. The molecule has 0 aliphatic rings. The molecule has 1 aromatic rings. The topological polar surface area (TPSA) is 50.7 Å². The maximum absolute atomic E-state index is 9.80. The van der Waals surface area contributed by atoms with Crippen LogP contribution >= 0.6 is 15.9 Å². The fourth-order valence-corrected chi connectivity index (χ4v) is 2.00. The first kappa shape index (κ1) is 17.4. The van der Waals surface area contributed by atoms with E-state index in [0.29, 0.717) is 26.4 Å². The predicted molar refractivity (Wildman–Crippen MR) is 85.2 cm³/mol. The molecule has 0 aliphatic heterocycles. The molecule has 0 saturated heterocycles. The first-order chi connectivity index (χ1) is 9.74. The van der Waals surface area contributed by atoms with E-state index in [1.54, 1.807) is 0 Å². The number of hydrogen-bond acceptors (Lipinski definition) is 4. The summed E-state index contributed by atoms with van der Waals surface area (Å²) >= 11 is 3.45. The summed E-state index contributed by atoms with van der Waals surface area (Å²) in [7, 11) is 0. The van der Waals surface area contributed by atoms with Gasteiger partial charge in [0.1, 0.15) is 0 Å². The third-order valence-electron chi connectivity index (χ3n) is 2.73. The Hall–Kier alpha value is -0.620. The molecule has 0 saturated carbocycles. The molecule has 0 spiro atoms. The van der Waals surface area contributed by atoms with Gasteiger partial charge in [-0.05, 0) is 34.5 Å². The summed E-state index contributed by atoms with van der Waals surface area (Å²) in [5, 5.41) is 13.0. The van der Waals surface area contributed by atoms with Gasteiger partial charge in [0.05, 0.1) is 25.9 Å². The first-order valence-electron chi connectivity index (χ1n) is 7.06. The fourth-order valence-electron chi connectivity index (χ4n) is 1.58. The van der Waals surface area contributed by atoms with Crippen molar-refractivity contribution >= 4 is 21.6 Å². The van der Waals surface area contributed by atoms with E-state index in [1.165, 1.54) is 0 Å². The standard InChI is InChI=1S/C15H24BrNO3/c1-2-3-8-19-9-10-20-12-13(18)11-17-15-7-5-4-6-14(15)16/h4-7,13,17-18H,2-3,8-12H2,1H3. The summed E-state index contributed by atoms with van der Waals surface area (Å²) in [5.41, 5.74) is 0.967. The highest BCUT2D eigenvalue weighted by Crippen LogP contribution is 2.20. The monoisotopic (exact) mass is 345 g/mol. The number of aliphatic hydroxyl groups is 1. The SMILES string of the molecule is CCCCOCCOCC(O)CNc1ccccc1Br. The van der Waals surface area contributed by atoms with Gasteiger partial charge in [-0.1, -0.05) is 25.5 Å². The van der Waals surface area contributed by atoms with E-state index >= 15 is 0 Å². The predicted octanol–water partition coefficient (Wildman–Crippen LogP) is 3.06. The summed E-state index contributed by atoms with van der Waals surface area (Å²) < 4.78 is 11.7. The average molecular weight is 346 g/mol. The van der Waals surface area contributed by atoms with E-state index in [4.69, 9.17) is 9.47 Å². The minimum Gasteiger partial charge on any atom is -0.389 e. The summed E-state index contributed by atoms with van der Waals surface area (Å²) in [6.45, 7) is 4.80. The number of rotatable bonds is 11. The van der Waals surface area contributed by atoms with Crippen LogP contribution < -0.4 is 5.32 Å². The summed E-state index contributed by atoms with van der Waals surface area (Å²) in [4.78, 5) is 0. The molecule has 1 atom stereocenters. The molecule has 0 amide bonds. The molecular weight excluding hydrogens is 322 g/mol. The van der Waals surface area contributed by atoms with E-state index in [9.17, 15) is 5.11 Å². The van der Waals surface area contributed by atoms with Gasteiger partial charge in [-0.2, -0.15) is 0 Å². The highest BCUT2D eigenvalue weighted by molar-refractivity contribution is 9.10. The number of nitrogens with one attached hydrogen (secondary N) is 1. The van der Waals surface area contributed by atoms with Crippen LogP contribution in [-0.2, 0) is 9.47 Å². The van der Waals surface area contributed by atoms with Gasteiger partial charge in [-0.15, -0.1) is 0 Å². The lowest BCUT2D eigenvalue weighted by Crippen LogP contribution is -2.25. The van der Waals surface area contributed by atoms with Crippen LogP contribution in [0.25, 0.3) is 0 Å². The number of ether oxygens (including phenoxy) is 2. The molecule has 0 aliphatic carbocycles. The zero-order chi connectivity index (χ0) is 14.6. The minimum atomic E-state index is -0.530. The zero-order valence-corrected chi connectivity index (χ0v) is 13.6. The normalized spacial score (nSPS) is 12.3. The second kappa shape index (κ2) is 11.1. The van der Waals surface area contributed by atoms with Gasteiger partial charge in [0.15, 0.2) is 0 Å². The number of halogens is 1. The first-order valence-corrected chi connectivity index (χ1v) is 7.85. The molecular formula is C15H24BrNO3. The largest absolute Gasteiger partial charge is 0.389 e. The van der Waals surface area contributed by atoms with Crippen molar-refractivity contribution in [1.82, 2.24) is 0 Å². The second-order valence-electron chi connectivity index (χ2n) is 4.56. The van der Waals surface area contributed by atoms with E-state index in [2.05, 4.69) is 28.2 Å². The van der Waals surface area contributed by atoms with Crippen LogP contribution in [0.5, 0.6) is 0 Å². The fraction of sp³-hybridized carbons (Fsp3) is 0.600. The number of hydrogen-bond donors (Lipinski definition) is 2. The Kier molecular flexibility index (Phi) is 9.66. The number of aliphatic hydroxyl groups excluding tert-OH is 1. The molecule has 0 bridgehead atoms. The van der Waals surface area contributed by atoms with Crippen molar-refractivity contribution in [3.8, 4) is 0 Å². The molecule has 5 heteroatoms. The van der Waals surface area contributed by atoms with Crippen LogP contribution in [0.15, 0.2) is 28.7 Å². The Morgan fingerprint density at radius 3 is 2.70 bits per heavy atom. The Bertz CT molecular complexity index is 363. The van der Waals surface area contributed by atoms with E-state index in [-0.39, 0.29) is 0 Å². The molecule has 114 valence electrons. The van der Waals surface area contributed by atoms with Gasteiger partial charge in [0.2, 0.25) is 0 Å². The van der Waals surface area contributed by atoms with Crippen LogP contribution in [0, 0.1) is 0 Å². The molecule has 1 aromatic carbocycles. The summed E-state index contributed by atoms with van der Waals surface area (Å²) in [6, 6.07) is 7.81. The van der Waals surface area contributed by atoms with Gasteiger partial charge >= 0.3 is 0 Å². The van der Waals surface area contributed by atoms with Crippen LogP contribution in [0.3, 0.4) is 0 Å². The third kappa shape index (κ3) is 7.85. The lowest BCUT2D eigenvalue weighted by atomic mass is 10.3. The van der Waals surface area contributed by atoms with Crippen molar-refractivity contribution in [2.75, 3.05) is 38.3 Å². The third-order valence-corrected chi connectivity index (χ3v) is 3.42. The molecule has 1 unspecified atom stereocenters. The van der Waals surface area contributed by atoms with Crippen molar-refractivity contribution in [3.05, 3.63) is 28.7 Å². The summed E-state index contributed by atoms with van der Waals surface area (Å²) in [6.07, 6.45) is 1.69.